The number of rotatable bonds is 4. The van der Waals surface area contributed by atoms with Gasteiger partial charge in [-0.05, 0) is 23.8 Å². The van der Waals surface area contributed by atoms with Crippen LogP contribution in [0.15, 0.2) is 73.1 Å². The van der Waals surface area contributed by atoms with E-state index in [2.05, 4.69) is 0 Å². The molecule has 28 heavy (non-hydrogen) atoms. The highest BCUT2D eigenvalue weighted by atomic mass is 32.2. The molecule has 1 atom stereocenters. The van der Waals surface area contributed by atoms with Crippen molar-refractivity contribution in [2.75, 3.05) is 5.75 Å². The molecule has 0 saturated carbocycles. The molecule has 1 aliphatic heterocycles. The first-order valence-electron chi connectivity index (χ1n) is 8.73. The van der Waals surface area contributed by atoms with Crippen molar-refractivity contribution in [3.05, 3.63) is 89.7 Å². The van der Waals surface area contributed by atoms with E-state index < -0.39 is 11.7 Å². The number of hydrogen-bond acceptors (Lipinski definition) is 2. The van der Waals surface area contributed by atoms with Gasteiger partial charge in [0.05, 0.1) is 17.0 Å². The third kappa shape index (κ3) is 3.67. The topological polar surface area (TPSA) is 25.2 Å². The lowest BCUT2D eigenvalue weighted by Gasteiger charge is -2.23. The molecule has 1 aromatic heterocycles. The van der Waals surface area contributed by atoms with E-state index in [9.17, 15) is 18.0 Å². The third-order valence-corrected chi connectivity index (χ3v) is 5.91. The molecule has 0 aliphatic carbocycles. The van der Waals surface area contributed by atoms with Gasteiger partial charge in [-0.15, -0.1) is 11.8 Å². The second kappa shape index (κ2) is 7.39. The minimum absolute atomic E-state index is 0.0299. The largest absolute Gasteiger partial charge is 0.418 e. The van der Waals surface area contributed by atoms with Gasteiger partial charge in [0.2, 0.25) is 5.91 Å². The van der Waals surface area contributed by atoms with Gasteiger partial charge in [0.25, 0.3) is 0 Å². The number of amides is 1. The zero-order valence-electron chi connectivity index (χ0n) is 14.8. The van der Waals surface area contributed by atoms with Crippen molar-refractivity contribution in [2.24, 2.45) is 0 Å². The SMILES string of the molecule is O=C1CSC(c2ccn(-c3ccccc3C(F)(F)F)c2)N1Cc1ccccc1. The molecule has 1 saturated heterocycles. The van der Waals surface area contributed by atoms with Gasteiger partial charge in [-0.1, -0.05) is 42.5 Å². The summed E-state index contributed by atoms with van der Waals surface area (Å²) in [4.78, 5) is 14.1. The third-order valence-electron chi connectivity index (χ3n) is 4.65. The van der Waals surface area contributed by atoms with Crippen molar-refractivity contribution < 1.29 is 18.0 Å². The van der Waals surface area contributed by atoms with Crippen LogP contribution in [0.25, 0.3) is 5.69 Å². The number of carbonyl (C=O) groups excluding carboxylic acids is 1. The molecule has 2 aromatic carbocycles. The van der Waals surface area contributed by atoms with Gasteiger partial charge in [-0.2, -0.15) is 13.2 Å². The maximum atomic E-state index is 13.3. The van der Waals surface area contributed by atoms with E-state index in [0.29, 0.717) is 12.3 Å². The molecule has 0 spiro atoms. The summed E-state index contributed by atoms with van der Waals surface area (Å²) in [5.74, 6) is 0.393. The van der Waals surface area contributed by atoms with Crippen LogP contribution in [-0.2, 0) is 17.5 Å². The number of hydrogen-bond donors (Lipinski definition) is 0. The van der Waals surface area contributed by atoms with Crippen molar-refractivity contribution in [1.82, 2.24) is 9.47 Å². The second-order valence-electron chi connectivity index (χ2n) is 6.54. The Kier molecular flexibility index (Phi) is 4.93. The molecule has 1 unspecified atom stereocenters. The van der Waals surface area contributed by atoms with Gasteiger partial charge in [-0.3, -0.25) is 4.79 Å². The van der Waals surface area contributed by atoms with Gasteiger partial charge in [-0.25, -0.2) is 0 Å². The molecule has 3 aromatic rings. The lowest BCUT2D eigenvalue weighted by Crippen LogP contribution is -2.27. The summed E-state index contributed by atoms with van der Waals surface area (Å²) in [5, 5.41) is -0.216. The quantitative estimate of drug-likeness (QED) is 0.594. The van der Waals surface area contributed by atoms with Crippen molar-refractivity contribution in [2.45, 2.75) is 18.1 Å². The first-order chi connectivity index (χ1) is 13.4. The Labute approximate surface area is 164 Å². The Bertz CT molecular complexity index is 985. The lowest BCUT2D eigenvalue weighted by atomic mass is 10.1. The summed E-state index contributed by atoms with van der Waals surface area (Å²) >= 11 is 1.49. The number of thioether (sulfide) groups is 1. The summed E-state index contributed by atoms with van der Waals surface area (Å²) in [6.45, 7) is 0.474. The van der Waals surface area contributed by atoms with E-state index in [0.717, 1.165) is 17.2 Å². The predicted octanol–water partition coefficient (Wildman–Crippen LogP) is 5.27. The van der Waals surface area contributed by atoms with Gasteiger partial charge in [0.1, 0.15) is 5.37 Å². The van der Waals surface area contributed by atoms with Crippen LogP contribution < -0.4 is 0 Å². The zero-order chi connectivity index (χ0) is 19.7. The molecule has 2 heterocycles. The average Bonchev–Trinajstić information content (AvgIpc) is 3.30. The summed E-state index contributed by atoms with van der Waals surface area (Å²) < 4.78 is 41.5. The second-order valence-corrected chi connectivity index (χ2v) is 7.61. The Morgan fingerprint density at radius 3 is 2.46 bits per heavy atom. The van der Waals surface area contributed by atoms with Gasteiger partial charge < -0.3 is 9.47 Å². The fourth-order valence-electron chi connectivity index (χ4n) is 3.33. The highest BCUT2D eigenvalue weighted by Crippen LogP contribution is 2.40. The standard InChI is InChI=1S/C21H17F3N2OS/c22-21(23,24)17-8-4-5-9-18(17)25-11-10-16(13-25)20-26(19(27)14-28-20)12-15-6-2-1-3-7-15/h1-11,13,20H,12,14H2. The van der Waals surface area contributed by atoms with Gasteiger partial charge in [0, 0.05) is 24.5 Å². The number of halogens is 3. The smallest absolute Gasteiger partial charge is 0.323 e. The van der Waals surface area contributed by atoms with Crippen LogP contribution in [0.1, 0.15) is 22.1 Å². The van der Waals surface area contributed by atoms with Crippen LogP contribution in [0, 0.1) is 0 Å². The molecule has 1 fully saturated rings. The highest BCUT2D eigenvalue weighted by Gasteiger charge is 2.35. The first-order valence-corrected chi connectivity index (χ1v) is 9.78. The molecule has 0 bridgehead atoms. The summed E-state index contributed by atoms with van der Waals surface area (Å²) in [6, 6.07) is 16.9. The number of alkyl halides is 3. The van der Waals surface area contributed by atoms with Crippen LogP contribution >= 0.6 is 11.8 Å². The number of nitrogens with zero attached hydrogens (tertiary/aromatic N) is 2. The van der Waals surface area contributed by atoms with Gasteiger partial charge in [0.15, 0.2) is 0 Å². The van der Waals surface area contributed by atoms with Gasteiger partial charge >= 0.3 is 6.18 Å². The summed E-state index contributed by atoms with van der Waals surface area (Å²) in [5.41, 5.74) is 1.22. The van der Waals surface area contributed by atoms with E-state index in [1.165, 1.54) is 28.5 Å². The van der Waals surface area contributed by atoms with Crippen LogP contribution in [-0.4, -0.2) is 21.1 Å². The minimum Gasteiger partial charge on any atom is -0.323 e. The molecule has 144 valence electrons. The van der Waals surface area contributed by atoms with E-state index in [1.54, 1.807) is 29.4 Å². The fraction of sp³-hybridized carbons (Fsp3) is 0.190. The number of aromatic nitrogens is 1. The van der Waals surface area contributed by atoms with E-state index >= 15 is 0 Å². The average molecular weight is 402 g/mol. The molecule has 1 aliphatic rings. The first kappa shape index (κ1) is 18.7. The maximum absolute atomic E-state index is 13.3. The predicted molar refractivity (Wildman–Crippen MR) is 103 cm³/mol. The van der Waals surface area contributed by atoms with Crippen molar-refractivity contribution in [3.63, 3.8) is 0 Å². The normalized spacial score (nSPS) is 17.3. The highest BCUT2D eigenvalue weighted by molar-refractivity contribution is 8.00. The van der Waals surface area contributed by atoms with Crippen molar-refractivity contribution in [1.29, 1.82) is 0 Å². The minimum atomic E-state index is -4.43. The number of benzene rings is 2. The maximum Gasteiger partial charge on any atom is 0.418 e. The van der Waals surface area contributed by atoms with Crippen LogP contribution in [0.3, 0.4) is 0 Å². The van der Waals surface area contributed by atoms with Crippen LogP contribution in [0.2, 0.25) is 0 Å². The van der Waals surface area contributed by atoms with Crippen molar-refractivity contribution >= 4 is 17.7 Å². The molecule has 0 N–H and O–H groups in total. The number of para-hydroxylation sites is 1. The summed E-state index contributed by atoms with van der Waals surface area (Å²) in [7, 11) is 0. The molecular weight excluding hydrogens is 385 g/mol. The summed E-state index contributed by atoms with van der Waals surface area (Å²) in [6.07, 6.45) is -1.14. The molecule has 1 amide bonds. The number of carbonyl (C=O) groups is 1. The van der Waals surface area contributed by atoms with E-state index in [-0.39, 0.29) is 17.0 Å². The molecule has 4 rings (SSSR count). The van der Waals surface area contributed by atoms with Crippen LogP contribution in [0.4, 0.5) is 13.2 Å². The molecule has 7 heteroatoms. The van der Waals surface area contributed by atoms with Crippen LogP contribution in [0.5, 0.6) is 0 Å². The van der Waals surface area contributed by atoms with E-state index in [1.807, 2.05) is 30.3 Å². The Morgan fingerprint density at radius 1 is 1.00 bits per heavy atom. The van der Waals surface area contributed by atoms with Crippen molar-refractivity contribution in [3.8, 4) is 5.69 Å². The zero-order valence-corrected chi connectivity index (χ0v) is 15.6. The Morgan fingerprint density at radius 2 is 1.71 bits per heavy atom. The monoisotopic (exact) mass is 402 g/mol. The lowest BCUT2D eigenvalue weighted by molar-refractivity contribution is -0.137. The van der Waals surface area contributed by atoms with E-state index in [4.69, 9.17) is 0 Å². The molecule has 0 radical (unpaired) electrons. The Hall–Kier alpha value is -2.67. The molecular formula is C21H17F3N2OS. The molecule has 3 nitrogen and oxygen atoms in total. The fourth-order valence-corrected chi connectivity index (χ4v) is 4.50. The Balaban J connectivity index is 1.63.